The number of rotatable bonds is 5. The molecule has 5 saturated carbocycles. The molecular weight excluding hydrogens is 528 g/mol. The Morgan fingerprint density at radius 2 is 1.40 bits per heavy atom. The average Bonchev–Trinajstić information content (AvgIpc) is 3.18. The SMILES string of the molecule is CC(=O)OCC12CCC3(C)C(CCC4C5(C)CCC(OC(C)=O)C(C)(C)C5CCC43C)C1C(C(C)C)C(OC(C)=O)C2. The normalized spacial score (nSPS) is 47.4. The Hall–Kier alpha value is -1.59. The Kier molecular flexibility index (Phi) is 7.96. The summed E-state index contributed by atoms with van der Waals surface area (Å²) in [7, 11) is 0. The molecule has 0 amide bonds. The number of carbonyl (C=O) groups excluding carboxylic acids is 3. The van der Waals surface area contributed by atoms with Crippen molar-refractivity contribution < 1.29 is 28.6 Å². The summed E-state index contributed by atoms with van der Waals surface area (Å²) >= 11 is 0. The van der Waals surface area contributed by atoms with E-state index in [-0.39, 0.29) is 63.1 Å². The van der Waals surface area contributed by atoms with Crippen molar-refractivity contribution in [3.63, 3.8) is 0 Å². The van der Waals surface area contributed by atoms with Gasteiger partial charge >= 0.3 is 17.9 Å². The monoisotopic (exact) mass is 586 g/mol. The van der Waals surface area contributed by atoms with Crippen LogP contribution in [0.4, 0.5) is 0 Å². The Balaban J connectivity index is 1.52. The molecule has 0 aromatic rings. The third-order valence-corrected chi connectivity index (χ3v) is 14.6. The second-order valence-corrected chi connectivity index (χ2v) is 17.0. The molecule has 0 heterocycles. The fraction of sp³-hybridized carbons (Fsp3) is 0.917. The lowest BCUT2D eigenvalue weighted by molar-refractivity contribution is -0.253. The zero-order valence-corrected chi connectivity index (χ0v) is 28.1. The molecule has 0 N–H and O–H groups in total. The molecule has 5 rings (SSSR count). The van der Waals surface area contributed by atoms with Gasteiger partial charge in [-0.2, -0.15) is 0 Å². The molecular formula is C36H58O6. The van der Waals surface area contributed by atoms with E-state index >= 15 is 0 Å². The van der Waals surface area contributed by atoms with Crippen molar-refractivity contribution in [3.05, 3.63) is 0 Å². The van der Waals surface area contributed by atoms with Crippen LogP contribution in [-0.4, -0.2) is 36.7 Å². The van der Waals surface area contributed by atoms with Crippen molar-refractivity contribution in [3.8, 4) is 0 Å². The van der Waals surface area contributed by atoms with Gasteiger partial charge in [0.25, 0.3) is 0 Å². The van der Waals surface area contributed by atoms with E-state index < -0.39 is 0 Å². The fourth-order valence-electron chi connectivity index (χ4n) is 12.8. The summed E-state index contributed by atoms with van der Waals surface area (Å²) in [6.45, 7) is 22.1. The first-order chi connectivity index (χ1) is 19.4. The summed E-state index contributed by atoms with van der Waals surface area (Å²) in [5.41, 5.74) is 0.374. The van der Waals surface area contributed by atoms with Crippen molar-refractivity contribution in [2.75, 3.05) is 6.61 Å². The van der Waals surface area contributed by atoms with Gasteiger partial charge in [0, 0.05) is 37.5 Å². The predicted octanol–water partition coefficient (Wildman–Crippen LogP) is 7.76. The van der Waals surface area contributed by atoms with E-state index in [1.165, 1.54) is 39.5 Å². The lowest BCUT2D eigenvalue weighted by Gasteiger charge is -2.73. The maximum absolute atomic E-state index is 12.3. The first kappa shape index (κ1) is 31.8. The van der Waals surface area contributed by atoms with E-state index in [2.05, 4.69) is 48.5 Å². The molecule has 5 aliphatic rings. The number of esters is 3. The van der Waals surface area contributed by atoms with Gasteiger partial charge in [-0.3, -0.25) is 14.4 Å². The number of carbonyl (C=O) groups is 3. The van der Waals surface area contributed by atoms with Crippen LogP contribution in [0.2, 0.25) is 0 Å². The largest absolute Gasteiger partial charge is 0.465 e. The van der Waals surface area contributed by atoms with E-state index in [9.17, 15) is 14.4 Å². The van der Waals surface area contributed by atoms with E-state index in [4.69, 9.17) is 14.2 Å². The van der Waals surface area contributed by atoms with Crippen molar-refractivity contribution >= 4 is 17.9 Å². The van der Waals surface area contributed by atoms with Crippen LogP contribution in [0.15, 0.2) is 0 Å². The highest BCUT2D eigenvalue weighted by atomic mass is 16.6. The zero-order valence-electron chi connectivity index (χ0n) is 28.1. The van der Waals surface area contributed by atoms with Gasteiger partial charge in [-0.1, -0.05) is 48.5 Å². The summed E-state index contributed by atoms with van der Waals surface area (Å²) in [6, 6.07) is 0. The number of fused-ring (bicyclic) bond motifs is 7. The van der Waals surface area contributed by atoms with Gasteiger partial charge < -0.3 is 14.2 Å². The smallest absolute Gasteiger partial charge is 0.302 e. The van der Waals surface area contributed by atoms with Gasteiger partial charge in [0.05, 0.1) is 6.61 Å². The Morgan fingerprint density at radius 1 is 0.738 bits per heavy atom. The molecule has 42 heavy (non-hydrogen) atoms. The zero-order chi connectivity index (χ0) is 31.0. The van der Waals surface area contributed by atoms with Crippen LogP contribution in [0.1, 0.15) is 127 Å². The molecule has 6 nitrogen and oxygen atoms in total. The highest BCUT2D eigenvalue weighted by Gasteiger charge is 2.72. The molecule has 0 aromatic carbocycles. The second kappa shape index (κ2) is 10.5. The third-order valence-electron chi connectivity index (χ3n) is 14.6. The van der Waals surface area contributed by atoms with Crippen LogP contribution in [0.25, 0.3) is 0 Å². The Morgan fingerprint density at radius 3 is 2.00 bits per heavy atom. The van der Waals surface area contributed by atoms with E-state index in [0.717, 1.165) is 32.1 Å². The van der Waals surface area contributed by atoms with Gasteiger partial charge in [0.1, 0.15) is 12.2 Å². The van der Waals surface area contributed by atoms with E-state index in [1.54, 1.807) is 6.92 Å². The maximum Gasteiger partial charge on any atom is 0.302 e. The van der Waals surface area contributed by atoms with Crippen LogP contribution >= 0.6 is 0 Å². The molecule has 5 fully saturated rings. The molecule has 0 saturated heterocycles. The molecule has 0 aromatic heterocycles. The van der Waals surface area contributed by atoms with Gasteiger partial charge in [-0.05, 0) is 104 Å². The summed E-state index contributed by atoms with van der Waals surface area (Å²) in [5.74, 6) is 2.05. The van der Waals surface area contributed by atoms with Gasteiger partial charge in [0.15, 0.2) is 0 Å². The predicted molar refractivity (Wildman–Crippen MR) is 162 cm³/mol. The molecule has 0 radical (unpaired) electrons. The van der Waals surface area contributed by atoms with Crippen molar-refractivity contribution in [1.29, 1.82) is 0 Å². The Labute approximate surface area is 254 Å². The lowest BCUT2D eigenvalue weighted by Crippen LogP contribution is -2.67. The molecule has 5 aliphatic carbocycles. The summed E-state index contributed by atoms with van der Waals surface area (Å²) < 4.78 is 17.9. The quantitative estimate of drug-likeness (QED) is 0.242. The van der Waals surface area contributed by atoms with Crippen molar-refractivity contribution in [1.82, 2.24) is 0 Å². The van der Waals surface area contributed by atoms with Gasteiger partial charge in [-0.15, -0.1) is 0 Å². The first-order valence-electron chi connectivity index (χ1n) is 16.9. The number of hydrogen-bond acceptors (Lipinski definition) is 6. The molecule has 6 heteroatoms. The standard InChI is InChI=1S/C36H58O6/c1-21(2)30-26(41-23(4)38)19-36(20-40-22(3)37)18-17-34(9)25(31(30)36)11-12-28-33(8)15-14-29(42-24(5)39)32(6,7)27(33)13-16-35(28,34)10/h21,25-31H,11-20H2,1-10H3. The third kappa shape index (κ3) is 4.57. The molecule has 11 unspecified atom stereocenters. The molecule has 0 bridgehead atoms. The highest BCUT2D eigenvalue weighted by Crippen LogP contribution is 2.77. The number of ether oxygens (including phenoxy) is 3. The molecule has 11 atom stereocenters. The van der Waals surface area contributed by atoms with E-state index in [1.807, 2.05) is 0 Å². The molecule has 238 valence electrons. The Bertz CT molecular complexity index is 1100. The van der Waals surface area contributed by atoms with Crippen molar-refractivity contribution in [2.24, 2.45) is 62.6 Å². The minimum Gasteiger partial charge on any atom is -0.465 e. The van der Waals surface area contributed by atoms with E-state index in [0.29, 0.717) is 36.2 Å². The van der Waals surface area contributed by atoms with Crippen LogP contribution < -0.4 is 0 Å². The van der Waals surface area contributed by atoms with Crippen LogP contribution in [-0.2, 0) is 28.6 Å². The highest BCUT2D eigenvalue weighted by molar-refractivity contribution is 5.67. The fourth-order valence-corrected chi connectivity index (χ4v) is 12.8. The van der Waals surface area contributed by atoms with Crippen LogP contribution in [0.3, 0.4) is 0 Å². The summed E-state index contributed by atoms with van der Waals surface area (Å²) in [5, 5.41) is 0. The van der Waals surface area contributed by atoms with Crippen LogP contribution in [0, 0.1) is 62.6 Å². The average molecular weight is 587 g/mol. The van der Waals surface area contributed by atoms with Gasteiger partial charge in [0.2, 0.25) is 0 Å². The van der Waals surface area contributed by atoms with Gasteiger partial charge in [-0.25, -0.2) is 0 Å². The minimum atomic E-state index is -0.220. The second-order valence-electron chi connectivity index (χ2n) is 17.0. The maximum atomic E-state index is 12.3. The lowest BCUT2D eigenvalue weighted by atomic mass is 9.32. The topological polar surface area (TPSA) is 78.9 Å². The summed E-state index contributed by atoms with van der Waals surface area (Å²) in [6.07, 6.45) is 9.62. The summed E-state index contributed by atoms with van der Waals surface area (Å²) in [4.78, 5) is 36.4. The number of hydrogen-bond donors (Lipinski definition) is 0. The molecule has 0 spiro atoms. The molecule has 0 aliphatic heterocycles. The van der Waals surface area contributed by atoms with Crippen molar-refractivity contribution in [2.45, 2.75) is 139 Å². The first-order valence-corrected chi connectivity index (χ1v) is 16.9. The minimum absolute atomic E-state index is 0.00979. The van der Waals surface area contributed by atoms with Crippen LogP contribution in [0.5, 0.6) is 0 Å².